The normalized spacial score (nSPS) is 12.6. The first-order valence-corrected chi connectivity index (χ1v) is 5.63. The maximum Gasteiger partial charge on any atom is 0.223 e. The van der Waals surface area contributed by atoms with Gasteiger partial charge in [-0.05, 0) is 24.1 Å². The Kier molecular flexibility index (Phi) is 4.63. The van der Waals surface area contributed by atoms with Gasteiger partial charge < -0.3 is 10.4 Å². The Balaban J connectivity index is 2.86. The van der Waals surface area contributed by atoms with Crippen LogP contribution in [0.2, 0.25) is 0 Å². The summed E-state index contributed by atoms with van der Waals surface area (Å²) in [6, 6.07) is 4.13. The summed E-state index contributed by atoms with van der Waals surface area (Å²) in [5, 5.41) is 11.9. The number of carbonyl (C=O) groups is 1. The van der Waals surface area contributed by atoms with Gasteiger partial charge >= 0.3 is 0 Å². The standard InChI is InChI=1S/C13H18FNO2/c1-8(2)13(17)15-12(7-16)10-5-4-9(3)11(14)6-10/h4-6,8,12,16H,7H2,1-3H3,(H,15,17). The fourth-order valence-electron chi connectivity index (χ4n) is 1.40. The van der Waals surface area contributed by atoms with Crippen LogP contribution in [0.1, 0.15) is 31.0 Å². The molecule has 1 aromatic rings. The second kappa shape index (κ2) is 5.77. The van der Waals surface area contributed by atoms with E-state index in [1.165, 1.54) is 6.07 Å². The molecule has 1 aromatic carbocycles. The smallest absolute Gasteiger partial charge is 0.223 e. The zero-order valence-corrected chi connectivity index (χ0v) is 10.3. The van der Waals surface area contributed by atoms with Crippen molar-refractivity contribution in [2.24, 2.45) is 5.92 Å². The number of amides is 1. The van der Waals surface area contributed by atoms with Crippen molar-refractivity contribution in [2.45, 2.75) is 26.8 Å². The number of halogens is 1. The van der Waals surface area contributed by atoms with E-state index < -0.39 is 6.04 Å². The van der Waals surface area contributed by atoms with E-state index in [4.69, 9.17) is 0 Å². The van der Waals surface area contributed by atoms with Crippen molar-refractivity contribution in [3.8, 4) is 0 Å². The van der Waals surface area contributed by atoms with Crippen LogP contribution in [0, 0.1) is 18.7 Å². The summed E-state index contributed by atoms with van der Waals surface area (Å²) in [6.45, 7) is 4.94. The predicted octanol–water partition coefficient (Wildman–Crippen LogP) is 1.94. The molecule has 1 rings (SSSR count). The number of aliphatic hydroxyl groups excluding tert-OH is 1. The minimum atomic E-state index is -0.556. The molecule has 0 spiro atoms. The molecule has 0 bridgehead atoms. The largest absolute Gasteiger partial charge is 0.394 e. The van der Waals surface area contributed by atoms with E-state index >= 15 is 0 Å². The summed E-state index contributed by atoms with van der Waals surface area (Å²) in [7, 11) is 0. The van der Waals surface area contributed by atoms with Gasteiger partial charge in [-0.15, -0.1) is 0 Å². The van der Waals surface area contributed by atoms with Gasteiger partial charge in [-0.2, -0.15) is 0 Å². The fourth-order valence-corrected chi connectivity index (χ4v) is 1.40. The second-order valence-electron chi connectivity index (χ2n) is 4.41. The number of benzene rings is 1. The third-order valence-electron chi connectivity index (χ3n) is 2.62. The van der Waals surface area contributed by atoms with Gasteiger partial charge in [0, 0.05) is 5.92 Å². The molecule has 0 aliphatic rings. The van der Waals surface area contributed by atoms with Crippen molar-refractivity contribution in [1.29, 1.82) is 0 Å². The maximum atomic E-state index is 13.4. The molecule has 0 radical (unpaired) electrons. The average Bonchev–Trinajstić information content (AvgIpc) is 2.29. The molecule has 3 nitrogen and oxygen atoms in total. The number of rotatable bonds is 4. The van der Waals surface area contributed by atoms with Crippen LogP contribution >= 0.6 is 0 Å². The molecule has 0 aliphatic heterocycles. The molecule has 1 unspecified atom stereocenters. The van der Waals surface area contributed by atoms with E-state index in [1.807, 2.05) is 0 Å². The van der Waals surface area contributed by atoms with Gasteiger partial charge in [-0.1, -0.05) is 26.0 Å². The zero-order chi connectivity index (χ0) is 13.0. The van der Waals surface area contributed by atoms with Gasteiger partial charge in [0.25, 0.3) is 0 Å². The summed E-state index contributed by atoms with van der Waals surface area (Å²) in [5.41, 5.74) is 1.12. The van der Waals surface area contributed by atoms with Crippen LogP contribution < -0.4 is 5.32 Å². The highest BCUT2D eigenvalue weighted by Gasteiger charge is 2.16. The lowest BCUT2D eigenvalue weighted by molar-refractivity contribution is -0.125. The minimum Gasteiger partial charge on any atom is -0.394 e. The average molecular weight is 239 g/mol. The van der Waals surface area contributed by atoms with Gasteiger partial charge in [0.15, 0.2) is 0 Å². The van der Waals surface area contributed by atoms with Crippen LogP contribution in [0.3, 0.4) is 0 Å². The number of hydrogen-bond acceptors (Lipinski definition) is 2. The molecule has 0 aromatic heterocycles. The van der Waals surface area contributed by atoms with E-state index in [0.29, 0.717) is 11.1 Å². The summed E-state index contributed by atoms with van der Waals surface area (Å²) in [4.78, 5) is 11.5. The van der Waals surface area contributed by atoms with Crippen LogP contribution in [0.25, 0.3) is 0 Å². The first-order chi connectivity index (χ1) is 7.95. The third kappa shape index (κ3) is 3.53. The van der Waals surface area contributed by atoms with Crippen molar-refractivity contribution < 1.29 is 14.3 Å². The van der Waals surface area contributed by atoms with Gasteiger partial charge in [-0.3, -0.25) is 4.79 Å². The first-order valence-electron chi connectivity index (χ1n) is 5.63. The molecule has 17 heavy (non-hydrogen) atoms. The molecule has 0 aliphatic carbocycles. The number of carbonyl (C=O) groups excluding carboxylic acids is 1. The molecular formula is C13H18FNO2. The molecule has 0 saturated carbocycles. The molecule has 4 heteroatoms. The summed E-state index contributed by atoms with van der Waals surface area (Å²) >= 11 is 0. The highest BCUT2D eigenvalue weighted by molar-refractivity contribution is 5.78. The number of aliphatic hydroxyl groups is 1. The quantitative estimate of drug-likeness (QED) is 0.843. The van der Waals surface area contributed by atoms with Crippen molar-refractivity contribution >= 4 is 5.91 Å². The van der Waals surface area contributed by atoms with Crippen molar-refractivity contribution in [2.75, 3.05) is 6.61 Å². The highest BCUT2D eigenvalue weighted by atomic mass is 19.1. The molecule has 0 fully saturated rings. The fraction of sp³-hybridized carbons (Fsp3) is 0.462. The molecule has 1 atom stereocenters. The highest BCUT2D eigenvalue weighted by Crippen LogP contribution is 2.16. The lowest BCUT2D eigenvalue weighted by Crippen LogP contribution is -2.33. The molecule has 2 N–H and O–H groups in total. The van der Waals surface area contributed by atoms with E-state index in [-0.39, 0.29) is 24.2 Å². The van der Waals surface area contributed by atoms with Crippen LogP contribution in [-0.4, -0.2) is 17.6 Å². The minimum absolute atomic E-state index is 0.162. The number of aryl methyl sites for hydroxylation is 1. The van der Waals surface area contributed by atoms with Crippen LogP contribution in [0.15, 0.2) is 18.2 Å². The van der Waals surface area contributed by atoms with E-state index in [2.05, 4.69) is 5.32 Å². The number of hydrogen-bond donors (Lipinski definition) is 2. The van der Waals surface area contributed by atoms with Gasteiger partial charge in [0.05, 0.1) is 12.6 Å². The van der Waals surface area contributed by atoms with E-state index in [9.17, 15) is 14.3 Å². The first kappa shape index (κ1) is 13.6. The third-order valence-corrected chi connectivity index (χ3v) is 2.62. The van der Waals surface area contributed by atoms with E-state index in [1.54, 1.807) is 32.9 Å². The zero-order valence-electron chi connectivity index (χ0n) is 10.3. The topological polar surface area (TPSA) is 49.3 Å². The van der Waals surface area contributed by atoms with Gasteiger partial charge in [0.1, 0.15) is 5.82 Å². The van der Waals surface area contributed by atoms with Crippen LogP contribution in [0.5, 0.6) is 0 Å². The summed E-state index contributed by atoms with van der Waals surface area (Å²) in [5.74, 6) is -0.663. The van der Waals surface area contributed by atoms with Crippen molar-refractivity contribution in [3.05, 3.63) is 35.1 Å². The lowest BCUT2D eigenvalue weighted by Gasteiger charge is -2.18. The molecule has 94 valence electrons. The molecular weight excluding hydrogens is 221 g/mol. The molecule has 0 heterocycles. The SMILES string of the molecule is Cc1ccc(C(CO)NC(=O)C(C)C)cc1F. The summed E-state index contributed by atoms with van der Waals surface area (Å²) < 4.78 is 13.4. The van der Waals surface area contributed by atoms with Crippen LogP contribution in [-0.2, 0) is 4.79 Å². The second-order valence-corrected chi connectivity index (χ2v) is 4.41. The molecule has 0 saturated heterocycles. The molecule has 1 amide bonds. The number of nitrogens with one attached hydrogen (secondary N) is 1. The maximum absolute atomic E-state index is 13.4. The van der Waals surface area contributed by atoms with Gasteiger partial charge in [-0.25, -0.2) is 4.39 Å². The summed E-state index contributed by atoms with van der Waals surface area (Å²) in [6.07, 6.45) is 0. The Morgan fingerprint density at radius 3 is 2.59 bits per heavy atom. The Morgan fingerprint density at radius 2 is 2.12 bits per heavy atom. The Morgan fingerprint density at radius 1 is 1.47 bits per heavy atom. The Bertz CT molecular complexity index is 404. The monoisotopic (exact) mass is 239 g/mol. The Labute approximate surface area is 101 Å². The van der Waals surface area contributed by atoms with Crippen molar-refractivity contribution in [3.63, 3.8) is 0 Å². The Hall–Kier alpha value is -1.42. The predicted molar refractivity (Wildman–Crippen MR) is 63.9 cm³/mol. The van der Waals surface area contributed by atoms with Crippen molar-refractivity contribution in [1.82, 2.24) is 5.32 Å². The lowest BCUT2D eigenvalue weighted by atomic mass is 10.0. The van der Waals surface area contributed by atoms with Gasteiger partial charge in [0.2, 0.25) is 5.91 Å². The van der Waals surface area contributed by atoms with E-state index in [0.717, 1.165) is 0 Å². The van der Waals surface area contributed by atoms with Crippen LogP contribution in [0.4, 0.5) is 4.39 Å².